The fourth-order valence-electron chi connectivity index (χ4n) is 2.13. The van der Waals surface area contributed by atoms with Crippen molar-refractivity contribution < 1.29 is 13.9 Å². The number of hydrogen-bond acceptors (Lipinski definition) is 1. The first kappa shape index (κ1) is 13.7. The van der Waals surface area contributed by atoms with Crippen molar-refractivity contribution in [2.24, 2.45) is 0 Å². The molecule has 0 fully saturated rings. The van der Waals surface area contributed by atoms with Crippen molar-refractivity contribution >= 4 is 0 Å². The van der Waals surface area contributed by atoms with Gasteiger partial charge in [-0.25, -0.2) is 8.78 Å². The van der Waals surface area contributed by atoms with Crippen molar-refractivity contribution in [3.8, 4) is 0 Å². The van der Waals surface area contributed by atoms with Gasteiger partial charge in [0.25, 0.3) is 0 Å². The summed E-state index contributed by atoms with van der Waals surface area (Å²) in [6, 6.07) is 9.31. The van der Waals surface area contributed by atoms with Gasteiger partial charge < -0.3 is 5.11 Å². The zero-order valence-electron chi connectivity index (χ0n) is 11.0. The molecule has 19 heavy (non-hydrogen) atoms. The average Bonchev–Trinajstić information content (AvgIpc) is 2.38. The van der Waals surface area contributed by atoms with Crippen LogP contribution in [0.5, 0.6) is 0 Å². The summed E-state index contributed by atoms with van der Waals surface area (Å²) in [5.74, 6) is -0.538. The number of aryl methyl sites for hydroxylation is 2. The summed E-state index contributed by atoms with van der Waals surface area (Å²) in [7, 11) is 0. The van der Waals surface area contributed by atoms with Crippen LogP contribution in [0.2, 0.25) is 0 Å². The summed E-state index contributed by atoms with van der Waals surface area (Å²) < 4.78 is 26.3. The largest absolute Gasteiger partial charge is 0.388 e. The minimum absolute atomic E-state index is 0.238. The summed E-state index contributed by atoms with van der Waals surface area (Å²) >= 11 is 0. The van der Waals surface area contributed by atoms with E-state index >= 15 is 0 Å². The van der Waals surface area contributed by atoms with Crippen LogP contribution in [0.4, 0.5) is 8.78 Å². The molecule has 1 atom stereocenters. The second kappa shape index (κ2) is 5.49. The SMILES string of the molecule is Cc1cc(C(O)Cc2ccc(F)cc2)cc(C)c1F. The van der Waals surface area contributed by atoms with Gasteiger partial charge in [-0.3, -0.25) is 0 Å². The second-order valence-corrected chi connectivity index (χ2v) is 4.82. The highest BCUT2D eigenvalue weighted by Crippen LogP contribution is 2.23. The molecule has 0 amide bonds. The van der Waals surface area contributed by atoms with Crippen LogP contribution in [-0.4, -0.2) is 5.11 Å². The molecule has 0 heterocycles. The van der Waals surface area contributed by atoms with Gasteiger partial charge in [-0.2, -0.15) is 0 Å². The number of aliphatic hydroxyl groups is 1. The van der Waals surface area contributed by atoms with Crippen molar-refractivity contribution in [3.63, 3.8) is 0 Å². The van der Waals surface area contributed by atoms with E-state index in [0.29, 0.717) is 23.1 Å². The van der Waals surface area contributed by atoms with Crippen LogP contribution < -0.4 is 0 Å². The maximum Gasteiger partial charge on any atom is 0.129 e. The van der Waals surface area contributed by atoms with E-state index < -0.39 is 6.10 Å². The van der Waals surface area contributed by atoms with Crippen molar-refractivity contribution in [1.82, 2.24) is 0 Å². The van der Waals surface area contributed by atoms with Crippen LogP contribution in [0.15, 0.2) is 36.4 Å². The van der Waals surface area contributed by atoms with E-state index in [9.17, 15) is 13.9 Å². The lowest BCUT2D eigenvalue weighted by Crippen LogP contribution is -2.04. The highest BCUT2D eigenvalue weighted by Gasteiger charge is 2.12. The molecule has 1 unspecified atom stereocenters. The molecule has 1 N–H and O–H groups in total. The summed E-state index contributed by atoms with van der Waals surface area (Å²) in [6.45, 7) is 3.35. The second-order valence-electron chi connectivity index (χ2n) is 4.82. The lowest BCUT2D eigenvalue weighted by molar-refractivity contribution is 0.178. The van der Waals surface area contributed by atoms with E-state index in [1.54, 1.807) is 38.1 Å². The van der Waals surface area contributed by atoms with E-state index in [0.717, 1.165) is 5.56 Å². The van der Waals surface area contributed by atoms with Crippen LogP contribution >= 0.6 is 0 Å². The summed E-state index contributed by atoms with van der Waals surface area (Å²) in [5.41, 5.74) is 2.57. The molecule has 0 bridgehead atoms. The molecular weight excluding hydrogens is 246 g/mol. The Morgan fingerprint density at radius 1 is 1.00 bits per heavy atom. The molecule has 3 heteroatoms. The van der Waals surface area contributed by atoms with Gasteiger partial charge in [-0.15, -0.1) is 0 Å². The predicted molar refractivity (Wildman–Crippen MR) is 70.9 cm³/mol. The van der Waals surface area contributed by atoms with Crippen LogP contribution in [0, 0.1) is 25.5 Å². The fraction of sp³-hybridized carbons (Fsp3) is 0.250. The first-order valence-corrected chi connectivity index (χ1v) is 6.16. The Labute approximate surface area is 111 Å². The van der Waals surface area contributed by atoms with E-state index in [4.69, 9.17) is 0 Å². The molecule has 0 aliphatic carbocycles. The van der Waals surface area contributed by atoms with Crippen LogP contribution in [-0.2, 0) is 6.42 Å². The number of rotatable bonds is 3. The molecule has 2 rings (SSSR count). The summed E-state index contributed by atoms with van der Waals surface area (Å²) in [5, 5.41) is 10.2. The molecule has 0 spiro atoms. The maximum atomic E-state index is 13.5. The molecule has 0 radical (unpaired) electrons. The number of aliphatic hydroxyl groups excluding tert-OH is 1. The minimum atomic E-state index is -0.719. The van der Waals surface area contributed by atoms with Crippen molar-refractivity contribution in [2.75, 3.05) is 0 Å². The van der Waals surface area contributed by atoms with Gasteiger partial charge in [0.2, 0.25) is 0 Å². The van der Waals surface area contributed by atoms with Gasteiger partial charge in [0, 0.05) is 6.42 Å². The Bertz CT molecular complexity index is 553. The minimum Gasteiger partial charge on any atom is -0.388 e. The quantitative estimate of drug-likeness (QED) is 0.890. The van der Waals surface area contributed by atoms with Crippen LogP contribution in [0.25, 0.3) is 0 Å². The predicted octanol–water partition coefficient (Wildman–Crippen LogP) is 3.86. The Kier molecular flexibility index (Phi) is 3.96. The van der Waals surface area contributed by atoms with Crippen LogP contribution in [0.1, 0.15) is 28.4 Å². The third-order valence-electron chi connectivity index (χ3n) is 3.19. The van der Waals surface area contributed by atoms with Gasteiger partial charge in [-0.05, 0) is 48.2 Å². The number of benzene rings is 2. The molecule has 100 valence electrons. The smallest absolute Gasteiger partial charge is 0.129 e. The Morgan fingerprint density at radius 3 is 2.05 bits per heavy atom. The van der Waals surface area contributed by atoms with Crippen molar-refractivity contribution in [3.05, 3.63) is 70.3 Å². The van der Waals surface area contributed by atoms with Crippen LogP contribution in [0.3, 0.4) is 0 Å². The van der Waals surface area contributed by atoms with E-state index in [2.05, 4.69) is 0 Å². The number of hydrogen-bond donors (Lipinski definition) is 1. The first-order valence-electron chi connectivity index (χ1n) is 6.16. The lowest BCUT2D eigenvalue weighted by Gasteiger charge is -2.13. The van der Waals surface area contributed by atoms with Gasteiger partial charge in [-0.1, -0.05) is 24.3 Å². The topological polar surface area (TPSA) is 20.2 Å². The van der Waals surface area contributed by atoms with Gasteiger partial charge in [0.1, 0.15) is 11.6 Å². The third kappa shape index (κ3) is 3.18. The Balaban J connectivity index is 2.20. The molecule has 0 saturated heterocycles. The fourth-order valence-corrected chi connectivity index (χ4v) is 2.13. The van der Waals surface area contributed by atoms with E-state index in [1.807, 2.05) is 0 Å². The molecule has 2 aromatic rings. The zero-order valence-corrected chi connectivity index (χ0v) is 11.0. The normalized spacial score (nSPS) is 12.5. The molecule has 0 saturated carbocycles. The average molecular weight is 262 g/mol. The number of halogens is 2. The zero-order chi connectivity index (χ0) is 14.0. The maximum absolute atomic E-state index is 13.5. The van der Waals surface area contributed by atoms with Crippen molar-refractivity contribution in [1.29, 1.82) is 0 Å². The molecular formula is C16H16F2O. The molecule has 1 nitrogen and oxygen atoms in total. The molecule has 0 aliphatic heterocycles. The molecule has 0 aromatic heterocycles. The lowest BCUT2D eigenvalue weighted by atomic mass is 9.98. The Hall–Kier alpha value is -1.74. The summed E-state index contributed by atoms with van der Waals surface area (Å²) in [4.78, 5) is 0. The highest BCUT2D eigenvalue weighted by molar-refractivity contribution is 5.32. The summed E-state index contributed by atoms with van der Waals surface area (Å²) in [6.07, 6.45) is -0.339. The Morgan fingerprint density at radius 2 is 1.53 bits per heavy atom. The van der Waals surface area contributed by atoms with E-state index in [1.165, 1.54) is 12.1 Å². The standard InChI is InChI=1S/C16H16F2O/c1-10-7-13(8-11(2)16(10)18)15(19)9-12-3-5-14(17)6-4-12/h3-8,15,19H,9H2,1-2H3. The highest BCUT2D eigenvalue weighted by atomic mass is 19.1. The van der Waals surface area contributed by atoms with Gasteiger partial charge in [0.15, 0.2) is 0 Å². The van der Waals surface area contributed by atoms with Crippen molar-refractivity contribution in [2.45, 2.75) is 26.4 Å². The first-order chi connectivity index (χ1) is 8.97. The third-order valence-corrected chi connectivity index (χ3v) is 3.19. The van der Waals surface area contributed by atoms with Gasteiger partial charge >= 0.3 is 0 Å². The van der Waals surface area contributed by atoms with Gasteiger partial charge in [0.05, 0.1) is 6.10 Å². The molecule has 2 aromatic carbocycles. The van der Waals surface area contributed by atoms with E-state index in [-0.39, 0.29) is 11.6 Å². The monoisotopic (exact) mass is 262 g/mol. The molecule has 0 aliphatic rings.